The van der Waals surface area contributed by atoms with Crippen molar-refractivity contribution >= 4 is 22.8 Å². The molecule has 7 heteroatoms. The van der Waals surface area contributed by atoms with Crippen molar-refractivity contribution in [1.29, 1.82) is 0 Å². The Bertz CT molecular complexity index is 908. The van der Waals surface area contributed by atoms with E-state index < -0.39 is 0 Å². The van der Waals surface area contributed by atoms with Gasteiger partial charge in [-0.05, 0) is 57.7 Å². The van der Waals surface area contributed by atoms with E-state index in [1.54, 1.807) is 18.3 Å². The minimum atomic E-state index is -0.170. The monoisotopic (exact) mass is 382 g/mol. The smallest absolute Gasteiger partial charge is 0.289 e. The van der Waals surface area contributed by atoms with Crippen molar-refractivity contribution in [2.24, 2.45) is 5.92 Å². The quantitative estimate of drug-likeness (QED) is 0.881. The molecule has 0 spiro atoms. The molecule has 0 aliphatic carbocycles. The summed E-state index contributed by atoms with van der Waals surface area (Å²) < 4.78 is 5.77. The van der Waals surface area contributed by atoms with Gasteiger partial charge in [-0.15, -0.1) is 0 Å². The van der Waals surface area contributed by atoms with Gasteiger partial charge in [0.1, 0.15) is 11.3 Å². The fourth-order valence-electron chi connectivity index (χ4n) is 5.01. The second-order valence-electron chi connectivity index (χ2n) is 8.33. The van der Waals surface area contributed by atoms with Crippen LogP contribution in [0, 0.1) is 5.92 Å². The Morgan fingerprint density at radius 2 is 1.89 bits per heavy atom. The maximum atomic E-state index is 12.8. The molecule has 7 nitrogen and oxygen atoms in total. The van der Waals surface area contributed by atoms with E-state index in [4.69, 9.17) is 4.42 Å². The first-order chi connectivity index (χ1) is 13.6. The first-order valence-corrected chi connectivity index (χ1v) is 10.3. The molecule has 148 valence electrons. The molecular weight excluding hydrogens is 356 g/mol. The van der Waals surface area contributed by atoms with Crippen molar-refractivity contribution in [1.82, 2.24) is 20.1 Å². The van der Waals surface area contributed by atoms with E-state index in [1.165, 1.54) is 0 Å². The average Bonchev–Trinajstić information content (AvgIpc) is 3.39. The minimum absolute atomic E-state index is 0.0826. The van der Waals surface area contributed by atoms with Crippen LogP contribution in [0.4, 0.5) is 0 Å². The van der Waals surface area contributed by atoms with E-state index in [9.17, 15) is 9.59 Å². The van der Waals surface area contributed by atoms with Gasteiger partial charge in [0.25, 0.3) is 11.8 Å². The van der Waals surface area contributed by atoms with Gasteiger partial charge in [-0.25, -0.2) is 0 Å². The van der Waals surface area contributed by atoms with Gasteiger partial charge >= 0.3 is 0 Å². The highest BCUT2D eigenvalue weighted by Crippen LogP contribution is 2.32. The number of furan rings is 1. The highest BCUT2D eigenvalue weighted by Gasteiger charge is 2.40. The molecule has 0 unspecified atom stereocenters. The van der Waals surface area contributed by atoms with Crippen molar-refractivity contribution in [2.45, 2.75) is 44.7 Å². The van der Waals surface area contributed by atoms with Gasteiger partial charge < -0.3 is 14.6 Å². The summed E-state index contributed by atoms with van der Waals surface area (Å²) >= 11 is 0. The van der Waals surface area contributed by atoms with Crippen molar-refractivity contribution in [3.05, 3.63) is 29.8 Å². The number of amides is 2. The molecule has 2 aromatic heterocycles. The maximum absolute atomic E-state index is 12.8. The van der Waals surface area contributed by atoms with Crippen molar-refractivity contribution in [2.75, 3.05) is 26.2 Å². The molecule has 4 aliphatic heterocycles. The molecule has 0 radical (unpaired) electrons. The molecule has 0 saturated carbocycles. The lowest BCUT2D eigenvalue weighted by molar-refractivity contribution is 0.0216. The predicted octanol–water partition coefficient (Wildman–Crippen LogP) is 2.28. The van der Waals surface area contributed by atoms with Gasteiger partial charge in [-0.2, -0.15) is 0 Å². The number of hydrogen-bond acceptors (Lipinski definition) is 5. The number of carbonyl (C=O) groups is 2. The number of piperidine rings is 3. The SMILES string of the molecule is C[C@H]1[C@H](NC(=O)c2cc3oc(C(=O)N4CCCC4)cc3cn2)C2CCN1CC2. The highest BCUT2D eigenvalue weighted by atomic mass is 16.3. The van der Waals surface area contributed by atoms with Crippen LogP contribution in [0.15, 0.2) is 22.7 Å². The Hall–Kier alpha value is -2.41. The summed E-state index contributed by atoms with van der Waals surface area (Å²) in [5.41, 5.74) is 0.871. The molecule has 2 aromatic rings. The normalized spacial score (nSPS) is 29.4. The third-order valence-electron chi connectivity index (χ3n) is 6.71. The van der Waals surface area contributed by atoms with Crippen LogP contribution in [0.3, 0.4) is 0 Å². The number of hydrogen-bond donors (Lipinski definition) is 1. The molecule has 6 rings (SSSR count). The third-order valence-corrected chi connectivity index (χ3v) is 6.71. The number of nitrogens with zero attached hydrogens (tertiary/aromatic N) is 3. The summed E-state index contributed by atoms with van der Waals surface area (Å²) in [4.78, 5) is 33.9. The first kappa shape index (κ1) is 17.7. The van der Waals surface area contributed by atoms with Crippen LogP contribution in [-0.2, 0) is 0 Å². The Kier molecular flexibility index (Phi) is 4.34. The number of likely N-dealkylation sites (tertiary alicyclic amines) is 1. The van der Waals surface area contributed by atoms with E-state index >= 15 is 0 Å². The van der Waals surface area contributed by atoms with Gasteiger partial charge in [0.2, 0.25) is 0 Å². The lowest BCUT2D eigenvalue weighted by Gasteiger charge is -2.49. The molecular formula is C21H26N4O3. The van der Waals surface area contributed by atoms with Gasteiger partial charge in [-0.3, -0.25) is 19.5 Å². The molecule has 4 fully saturated rings. The summed E-state index contributed by atoms with van der Waals surface area (Å²) in [6, 6.07) is 3.89. The Balaban J connectivity index is 1.34. The minimum Gasteiger partial charge on any atom is -0.451 e. The number of carbonyl (C=O) groups excluding carboxylic acids is 2. The Morgan fingerprint density at radius 3 is 2.61 bits per heavy atom. The van der Waals surface area contributed by atoms with Gasteiger partial charge in [0.15, 0.2) is 5.76 Å². The second kappa shape index (κ2) is 6.88. The summed E-state index contributed by atoms with van der Waals surface area (Å²) in [5.74, 6) is 0.611. The molecule has 1 N–H and O–H groups in total. The zero-order chi connectivity index (χ0) is 19.3. The molecule has 2 amide bonds. The maximum Gasteiger partial charge on any atom is 0.289 e. The summed E-state index contributed by atoms with van der Waals surface area (Å²) in [6.07, 6.45) is 5.98. The van der Waals surface area contributed by atoms with Crippen LogP contribution in [0.1, 0.15) is 53.7 Å². The van der Waals surface area contributed by atoms with E-state index in [-0.39, 0.29) is 17.9 Å². The third kappa shape index (κ3) is 2.98. The van der Waals surface area contributed by atoms with Crippen LogP contribution in [-0.4, -0.2) is 64.9 Å². The van der Waals surface area contributed by atoms with E-state index in [1.807, 2.05) is 4.90 Å². The number of fused-ring (bicyclic) bond motifs is 4. The molecule has 2 bridgehead atoms. The van der Waals surface area contributed by atoms with Gasteiger partial charge in [0.05, 0.1) is 0 Å². The molecule has 28 heavy (non-hydrogen) atoms. The van der Waals surface area contributed by atoms with E-state index in [0.29, 0.717) is 29.0 Å². The molecule has 0 aromatic carbocycles. The standard InChI is InChI=1S/C21H26N4O3/c1-13-19(14-4-8-24(13)9-5-14)23-20(26)16-11-17-15(12-22-16)10-18(28-17)21(27)25-6-2-3-7-25/h10-14,19H,2-9H2,1H3,(H,23,26)/t13-,19-/m0/s1. The number of pyridine rings is 1. The van der Waals surface area contributed by atoms with Crippen LogP contribution < -0.4 is 5.32 Å². The molecule has 6 heterocycles. The summed E-state index contributed by atoms with van der Waals surface area (Å²) in [7, 11) is 0. The topological polar surface area (TPSA) is 78.7 Å². The predicted molar refractivity (Wildman–Crippen MR) is 104 cm³/mol. The first-order valence-electron chi connectivity index (χ1n) is 10.3. The van der Waals surface area contributed by atoms with Crippen molar-refractivity contribution in [3.63, 3.8) is 0 Å². The fourth-order valence-corrected chi connectivity index (χ4v) is 5.01. The Labute approximate surface area is 164 Å². The van der Waals surface area contributed by atoms with E-state index in [0.717, 1.165) is 57.2 Å². The second-order valence-corrected chi connectivity index (χ2v) is 8.33. The number of rotatable bonds is 3. The van der Waals surface area contributed by atoms with Crippen molar-refractivity contribution in [3.8, 4) is 0 Å². The van der Waals surface area contributed by atoms with Gasteiger partial charge in [0, 0.05) is 42.8 Å². The van der Waals surface area contributed by atoms with Crippen LogP contribution in [0.5, 0.6) is 0 Å². The highest BCUT2D eigenvalue weighted by molar-refractivity contribution is 5.98. The summed E-state index contributed by atoms with van der Waals surface area (Å²) in [5, 5.41) is 3.94. The van der Waals surface area contributed by atoms with Crippen LogP contribution in [0.25, 0.3) is 11.0 Å². The largest absolute Gasteiger partial charge is 0.451 e. The van der Waals surface area contributed by atoms with Crippen molar-refractivity contribution < 1.29 is 14.0 Å². The zero-order valence-corrected chi connectivity index (χ0v) is 16.2. The van der Waals surface area contributed by atoms with Gasteiger partial charge in [-0.1, -0.05) is 0 Å². The Morgan fingerprint density at radius 1 is 1.14 bits per heavy atom. The van der Waals surface area contributed by atoms with Crippen LogP contribution in [0.2, 0.25) is 0 Å². The lowest BCUT2D eigenvalue weighted by atomic mass is 9.79. The average molecular weight is 382 g/mol. The molecule has 2 atom stereocenters. The number of nitrogens with one attached hydrogen (secondary N) is 1. The van der Waals surface area contributed by atoms with Crippen LogP contribution >= 0.6 is 0 Å². The summed E-state index contributed by atoms with van der Waals surface area (Å²) in [6.45, 7) is 6.00. The fraction of sp³-hybridized carbons (Fsp3) is 0.571. The molecule has 4 aliphatic rings. The lowest BCUT2D eigenvalue weighted by Crippen LogP contribution is -2.62. The van der Waals surface area contributed by atoms with E-state index in [2.05, 4.69) is 22.1 Å². The number of aromatic nitrogens is 1. The zero-order valence-electron chi connectivity index (χ0n) is 16.2. The molecule has 4 saturated heterocycles.